The largest absolute Gasteiger partial charge is 0.461 e. The topological polar surface area (TPSA) is 69.9 Å². The van der Waals surface area contributed by atoms with E-state index >= 15 is 0 Å². The average molecular weight is 498 g/mol. The summed E-state index contributed by atoms with van der Waals surface area (Å²) in [5.41, 5.74) is 2.67. The highest BCUT2D eigenvalue weighted by molar-refractivity contribution is 6.01. The van der Waals surface area contributed by atoms with Crippen LogP contribution in [0.4, 0.5) is 17.6 Å². The number of alkyl halides is 3. The van der Waals surface area contributed by atoms with Gasteiger partial charge >= 0.3 is 0 Å². The van der Waals surface area contributed by atoms with Crippen LogP contribution >= 0.6 is 0 Å². The summed E-state index contributed by atoms with van der Waals surface area (Å²) in [7, 11) is 0. The Hall–Kier alpha value is -3.82. The Kier molecular flexibility index (Phi) is 6.19. The van der Waals surface area contributed by atoms with E-state index in [1.807, 2.05) is 0 Å². The Morgan fingerprint density at radius 3 is 2.61 bits per heavy atom. The molecule has 0 saturated heterocycles. The number of halogens is 4. The fourth-order valence-electron chi connectivity index (χ4n) is 4.46. The predicted octanol–water partition coefficient (Wildman–Crippen LogP) is 6.32. The molecular weight excluding hydrogens is 476 g/mol. The molecule has 1 aliphatic rings. The zero-order valence-corrected chi connectivity index (χ0v) is 19.3. The zero-order chi connectivity index (χ0) is 25.4. The van der Waals surface area contributed by atoms with Gasteiger partial charge in [0.05, 0.1) is 23.4 Å². The number of Topliss-reactive ketones (excluding diaryl/α,β-unsaturated/α-hetero) is 1. The van der Waals surface area contributed by atoms with Gasteiger partial charge in [0.25, 0.3) is 0 Å². The highest BCUT2D eigenvalue weighted by Gasteiger charge is 2.44. The normalized spacial score (nSPS) is 16.0. The molecule has 4 aromatic rings. The summed E-state index contributed by atoms with van der Waals surface area (Å²) in [5.74, 6) is -3.09. The minimum absolute atomic E-state index is 0.134. The molecule has 0 spiro atoms. The predicted molar refractivity (Wildman–Crippen MR) is 124 cm³/mol. The summed E-state index contributed by atoms with van der Waals surface area (Å²) in [6.45, 7) is 1.28. The maximum absolute atomic E-state index is 13.5. The molecule has 1 aromatic carbocycles. The fourth-order valence-corrected chi connectivity index (χ4v) is 4.46. The smallest absolute Gasteiger partial charge is 0.248 e. The number of nitrogens with zero attached hydrogens (tertiary/aromatic N) is 4. The van der Waals surface area contributed by atoms with Crippen LogP contribution in [-0.2, 0) is 0 Å². The average Bonchev–Trinajstić information content (AvgIpc) is 3.20. The van der Waals surface area contributed by atoms with Crippen molar-refractivity contribution < 1.29 is 27.1 Å². The quantitative estimate of drug-likeness (QED) is 0.210. The van der Waals surface area contributed by atoms with Gasteiger partial charge in [-0.05, 0) is 36.1 Å². The number of carbonyl (C=O) groups is 1. The summed E-state index contributed by atoms with van der Waals surface area (Å²) >= 11 is 0. The van der Waals surface area contributed by atoms with Gasteiger partial charge in [0.15, 0.2) is 11.6 Å². The number of hydrogen-bond acceptors (Lipinski definition) is 5. The molecule has 0 bridgehead atoms. The van der Waals surface area contributed by atoms with E-state index in [1.54, 1.807) is 41.1 Å². The number of ether oxygens (including phenoxy) is 1. The fraction of sp³-hybridized carbons (Fsp3) is 0.308. The Morgan fingerprint density at radius 2 is 1.92 bits per heavy atom. The van der Waals surface area contributed by atoms with Crippen LogP contribution in [0.2, 0.25) is 0 Å². The van der Waals surface area contributed by atoms with Gasteiger partial charge < -0.3 is 4.74 Å². The van der Waals surface area contributed by atoms with Crippen molar-refractivity contribution in [3.8, 4) is 22.8 Å². The number of aromatic nitrogens is 4. The first kappa shape index (κ1) is 23.9. The molecule has 1 fully saturated rings. The molecule has 186 valence electrons. The molecule has 0 aliphatic heterocycles. The molecule has 3 aromatic heterocycles. The minimum atomic E-state index is -2.62. The van der Waals surface area contributed by atoms with E-state index in [0.29, 0.717) is 39.9 Å². The second-order valence-electron chi connectivity index (χ2n) is 8.99. The summed E-state index contributed by atoms with van der Waals surface area (Å²) in [6.07, 6.45) is 3.87. The molecule has 0 amide bonds. The Bertz CT molecular complexity index is 1410. The van der Waals surface area contributed by atoms with Crippen molar-refractivity contribution in [2.45, 2.75) is 44.9 Å². The van der Waals surface area contributed by atoms with Crippen LogP contribution in [0, 0.1) is 11.7 Å². The first-order valence-electron chi connectivity index (χ1n) is 11.5. The van der Waals surface area contributed by atoms with Crippen LogP contribution in [0.3, 0.4) is 0 Å². The molecule has 10 heteroatoms. The van der Waals surface area contributed by atoms with Gasteiger partial charge in [-0.2, -0.15) is 0 Å². The van der Waals surface area contributed by atoms with Gasteiger partial charge in [-0.1, -0.05) is 12.1 Å². The van der Waals surface area contributed by atoms with Crippen LogP contribution in [0.25, 0.3) is 28.1 Å². The molecule has 1 atom stereocenters. The van der Waals surface area contributed by atoms with E-state index in [9.17, 15) is 22.4 Å². The number of ketones is 1. The Labute approximate surface area is 204 Å². The summed E-state index contributed by atoms with van der Waals surface area (Å²) in [4.78, 5) is 25.4. The number of benzene rings is 1. The van der Waals surface area contributed by atoms with Crippen LogP contribution in [-0.4, -0.2) is 37.6 Å². The second kappa shape index (κ2) is 9.33. The van der Waals surface area contributed by atoms with Crippen molar-refractivity contribution in [1.29, 1.82) is 0 Å². The molecule has 1 saturated carbocycles. The number of rotatable bonds is 8. The maximum atomic E-state index is 13.5. The Balaban J connectivity index is 1.52. The highest BCUT2D eigenvalue weighted by Crippen LogP contribution is 2.44. The number of hydrogen-bond donors (Lipinski definition) is 0. The van der Waals surface area contributed by atoms with Gasteiger partial charge in [0, 0.05) is 49.7 Å². The summed E-state index contributed by atoms with van der Waals surface area (Å²) in [6, 6.07) is 8.45. The van der Waals surface area contributed by atoms with Gasteiger partial charge in [-0.25, -0.2) is 27.5 Å². The third-order valence-corrected chi connectivity index (χ3v) is 6.18. The van der Waals surface area contributed by atoms with E-state index < -0.39 is 18.1 Å². The van der Waals surface area contributed by atoms with Crippen molar-refractivity contribution in [3.63, 3.8) is 0 Å². The maximum Gasteiger partial charge on any atom is 0.248 e. The monoisotopic (exact) mass is 498 g/mol. The molecule has 5 rings (SSSR count). The van der Waals surface area contributed by atoms with Crippen molar-refractivity contribution in [2.75, 3.05) is 0 Å². The zero-order valence-electron chi connectivity index (χ0n) is 19.3. The molecule has 0 N–H and O–H groups in total. The summed E-state index contributed by atoms with van der Waals surface area (Å²) < 4.78 is 59.8. The lowest BCUT2D eigenvalue weighted by atomic mass is 9.78. The summed E-state index contributed by atoms with van der Waals surface area (Å²) in [5, 5.41) is 0. The van der Waals surface area contributed by atoms with E-state index in [2.05, 4.69) is 15.0 Å². The number of carbonyl (C=O) groups excluding carboxylic acids is 1. The van der Waals surface area contributed by atoms with Crippen LogP contribution in [0.5, 0.6) is 5.75 Å². The number of pyridine rings is 1. The lowest BCUT2D eigenvalue weighted by Gasteiger charge is -2.34. The second-order valence-corrected chi connectivity index (χ2v) is 8.99. The van der Waals surface area contributed by atoms with Crippen molar-refractivity contribution in [2.24, 2.45) is 5.92 Å². The van der Waals surface area contributed by atoms with Crippen LogP contribution in [0.15, 0.2) is 55.1 Å². The van der Waals surface area contributed by atoms with E-state index in [-0.39, 0.29) is 36.9 Å². The molecular formula is C26H22F4N4O2. The molecule has 6 nitrogen and oxygen atoms in total. The van der Waals surface area contributed by atoms with Crippen LogP contribution < -0.4 is 4.74 Å². The third-order valence-electron chi connectivity index (χ3n) is 6.18. The van der Waals surface area contributed by atoms with Crippen molar-refractivity contribution in [1.82, 2.24) is 19.5 Å². The molecule has 1 unspecified atom stereocenters. The molecule has 36 heavy (non-hydrogen) atoms. The van der Waals surface area contributed by atoms with Crippen molar-refractivity contribution in [3.05, 3.63) is 66.5 Å². The van der Waals surface area contributed by atoms with E-state index in [0.717, 1.165) is 12.4 Å². The lowest BCUT2D eigenvalue weighted by Crippen LogP contribution is -2.35. The SMILES string of the molecule is CC(F)Oc1cccc(-c2cn(-c3ncc(F)cn3)c3cc(C(=O)CCC4CC(F)(F)C4)cnc23)c1. The third kappa shape index (κ3) is 4.93. The van der Waals surface area contributed by atoms with Crippen LogP contribution in [0.1, 0.15) is 43.0 Å². The first-order chi connectivity index (χ1) is 17.2. The highest BCUT2D eigenvalue weighted by atomic mass is 19.3. The first-order valence-corrected chi connectivity index (χ1v) is 11.5. The van der Waals surface area contributed by atoms with Gasteiger partial charge in [0.2, 0.25) is 18.2 Å². The van der Waals surface area contributed by atoms with Gasteiger partial charge in [0.1, 0.15) is 5.75 Å². The molecule has 1 aliphatic carbocycles. The number of fused-ring (bicyclic) bond motifs is 1. The lowest BCUT2D eigenvalue weighted by molar-refractivity contribution is -0.111. The van der Waals surface area contributed by atoms with Gasteiger partial charge in [-0.3, -0.25) is 14.3 Å². The van der Waals surface area contributed by atoms with Gasteiger partial charge in [-0.15, -0.1) is 0 Å². The van der Waals surface area contributed by atoms with Crippen molar-refractivity contribution >= 4 is 16.8 Å². The molecule has 3 heterocycles. The van der Waals surface area contributed by atoms with E-state index in [1.165, 1.54) is 13.1 Å². The molecule has 0 radical (unpaired) electrons. The Morgan fingerprint density at radius 1 is 1.17 bits per heavy atom. The standard InChI is InChI=1S/C26H22F4N4O2/c1-15(27)36-20-4-2-3-17(7-20)21-14-34(25-32-12-19(28)13-33-25)22-8-18(11-31-24(21)22)23(35)6-5-16-9-26(29,30)10-16/h2-4,7-8,11-16H,5-6,9-10H2,1H3. The van der Waals surface area contributed by atoms with E-state index in [4.69, 9.17) is 4.74 Å². The minimum Gasteiger partial charge on any atom is -0.461 e.